The smallest absolute Gasteiger partial charge is 0.186 e. The Morgan fingerprint density at radius 3 is 0.949 bits per heavy atom. The molecule has 13 heteroatoms. The van der Waals surface area contributed by atoms with Gasteiger partial charge < -0.3 is 4.42 Å². The van der Waals surface area contributed by atoms with Crippen molar-refractivity contribution in [3.8, 4) is 0 Å². The zero-order valence-corrected chi connectivity index (χ0v) is 39.6. The molecule has 0 N–H and O–H groups in total. The third kappa shape index (κ3) is 10.5. The molecule has 0 aliphatic heterocycles. The van der Waals surface area contributed by atoms with Crippen LogP contribution in [-0.2, 0) is 9.59 Å². The van der Waals surface area contributed by atoms with Gasteiger partial charge in [-0.1, -0.05) is 153 Å². The van der Waals surface area contributed by atoms with Crippen LogP contribution in [0.3, 0.4) is 0 Å². The molecule has 0 saturated heterocycles. The summed E-state index contributed by atoms with van der Waals surface area (Å²) in [7, 11) is 0. The van der Waals surface area contributed by atoms with Crippen LogP contribution in [0.4, 0.5) is 11.4 Å². The molecule has 0 fully saturated rings. The van der Waals surface area contributed by atoms with Crippen molar-refractivity contribution >= 4 is 104 Å². The van der Waals surface area contributed by atoms with E-state index < -0.39 is 21.7 Å². The molecule has 310 valence electrons. The monoisotopic (exact) mass is 912 g/mol. The molecule has 0 bridgehead atoms. The second kappa shape index (κ2) is 17.1. The Kier molecular flexibility index (Phi) is 13.5. The molecule has 0 unspecified atom stereocenters. The number of carbonyl (C=O) groups excluding carboxylic acids is 2. The van der Waals surface area contributed by atoms with E-state index in [1.165, 1.54) is 24.3 Å². The summed E-state index contributed by atoms with van der Waals surface area (Å²) < 4.78 is 6.70. The number of rotatable bonds is 6. The lowest BCUT2D eigenvalue weighted by Gasteiger charge is -2.31. The molecule has 59 heavy (non-hydrogen) atoms. The summed E-state index contributed by atoms with van der Waals surface area (Å²) in [6.07, 6.45) is 7.25. The highest BCUT2D eigenvalue weighted by molar-refractivity contribution is 6.42. The van der Waals surface area contributed by atoms with Gasteiger partial charge in [0.2, 0.25) is 0 Å². The zero-order chi connectivity index (χ0) is 44.2. The summed E-state index contributed by atoms with van der Waals surface area (Å²) in [6, 6.07) is 9.53. The number of hydrogen-bond donors (Lipinski definition) is 0. The van der Waals surface area contributed by atoms with Crippen molar-refractivity contribution in [2.24, 2.45) is 42.1 Å². The first kappa shape index (κ1) is 46.5. The molecule has 2 aliphatic carbocycles. The lowest BCUT2D eigenvalue weighted by molar-refractivity contribution is -0.114. The van der Waals surface area contributed by atoms with Crippen molar-refractivity contribution in [1.82, 2.24) is 0 Å². The molecule has 2 aliphatic rings. The summed E-state index contributed by atoms with van der Waals surface area (Å²) in [4.78, 5) is 28.0. The van der Waals surface area contributed by atoms with Crippen LogP contribution < -0.4 is 0 Å². The Labute approximate surface area is 376 Å². The van der Waals surface area contributed by atoms with Gasteiger partial charge in [0.05, 0.1) is 20.1 Å². The van der Waals surface area contributed by atoms with Crippen molar-refractivity contribution in [3.63, 3.8) is 0 Å². The average Bonchev–Trinajstić information content (AvgIpc) is 3.55. The Bertz CT molecular complexity index is 2230. The van der Waals surface area contributed by atoms with E-state index in [1.54, 1.807) is 12.1 Å². The largest absolute Gasteiger partial charge is 0.453 e. The van der Waals surface area contributed by atoms with Crippen LogP contribution in [0.25, 0.3) is 11.4 Å². The van der Waals surface area contributed by atoms with E-state index in [1.807, 2.05) is 107 Å². The van der Waals surface area contributed by atoms with E-state index in [2.05, 4.69) is 10.2 Å². The molecule has 0 saturated carbocycles. The Morgan fingerprint density at radius 2 is 0.712 bits per heavy atom. The predicted octanol–water partition coefficient (Wildman–Crippen LogP) is 17.2. The van der Waals surface area contributed by atoms with Crippen LogP contribution in [0, 0.1) is 21.7 Å². The van der Waals surface area contributed by atoms with E-state index in [0.29, 0.717) is 43.5 Å². The highest BCUT2D eigenvalue weighted by atomic mass is 35.5. The van der Waals surface area contributed by atoms with E-state index in [-0.39, 0.29) is 65.9 Å². The van der Waals surface area contributed by atoms with Crippen molar-refractivity contribution in [2.45, 2.75) is 83.1 Å². The number of azo groups is 2. The predicted molar refractivity (Wildman–Crippen MR) is 245 cm³/mol. The maximum atomic E-state index is 14.0. The normalized spacial score (nSPS) is 15.9. The van der Waals surface area contributed by atoms with Gasteiger partial charge >= 0.3 is 0 Å². The number of allylic oxidation sites excluding steroid dienone is 10. The topological polar surface area (TPSA) is 96.7 Å². The number of hydrogen-bond acceptors (Lipinski definition) is 7. The molecule has 1 heterocycles. The van der Waals surface area contributed by atoms with E-state index in [4.69, 9.17) is 84.3 Å². The highest BCUT2D eigenvalue weighted by Crippen LogP contribution is 2.45. The first-order valence-corrected chi connectivity index (χ1v) is 21.0. The average molecular weight is 916 g/mol. The standard InChI is InChI=1S/C46H46Cl6N4O3/c1-43(2,3)27-15-23(16-28(41(27)57)44(4,5)6)37(53-55-39-31(49)19-25(47)20-32(39)50)35-13-14-36(59-35)38(54-56-40-33(51)21-26(48)22-34(40)52)24-17-29(45(7,8)9)42(58)30(18-24)46(10,11)12/h13-22H,1-12H3. The van der Waals surface area contributed by atoms with Gasteiger partial charge in [0.1, 0.15) is 22.8 Å². The third-order valence-corrected chi connectivity index (χ3v) is 11.1. The SMILES string of the molecule is CC(C)(C)C1=CC(=C(N=Nc2c(Cl)cc(Cl)cc2Cl)c2ccc(C(N=Nc3c(Cl)cc(Cl)cc3Cl)=C3C=C(C(C)(C)C)C(=O)C(C(C)(C)C)=C3)o2)C=C(C(C)(C)C)C1=O. The van der Waals surface area contributed by atoms with Crippen molar-refractivity contribution in [3.05, 3.63) is 136 Å². The maximum absolute atomic E-state index is 14.0. The summed E-state index contributed by atoms with van der Waals surface area (Å²) in [5, 5.41) is 19.9. The zero-order valence-electron chi connectivity index (χ0n) is 35.1. The van der Waals surface area contributed by atoms with Crippen LogP contribution in [-0.4, -0.2) is 11.6 Å². The number of benzene rings is 2. The number of halogens is 6. The van der Waals surface area contributed by atoms with Gasteiger partial charge in [-0.25, -0.2) is 0 Å². The summed E-state index contributed by atoms with van der Waals surface area (Å²) in [5.74, 6) is 0.420. The van der Waals surface area contributed by atoms with Gasteiger partial charge in [-0.3, -0.25) is 9.59 Å². The fraction of sp³-hybridized carbons (Fsp3) is 0.348. The molecular formula is C46H46Cl6N4O3. The summed E-state index contributed by atoms with van der Waals surface area (Å²) >= 11 is 38.7. The van der Waals surface area contributed by atoms with Gasteiger partial charge in [0.25, 0.3) is 0 Å². The number of carbonyl (C=O) groups is 2. The van der Waals surface area contributed by atoms with Crippen LogP contribution in [0.5, 0.6) is 0 Å². The van der Waals surface area contributed by atoms with Crippen LogP contribution in [0.2, 0.25) is 30.1 Å². The minimum Gasteiger partial charge on any atom is -0.453 e. The second-order valence-electron chi connectivity index (χ2n) is 18.5. The van der Waals surface area contributed by atoms with Gasteiger partial charge in [0, 0.05) is 43.5 Å². The van der Waals surface area contributed by atoms with Crippen molar-refractivity contribution < 1.29 is 14.0 Å². The lowest BCUT2D eigenvalue weighted by Crippen LogP contribution is -2.28. The van der Waals surface area contributed by atoms with E-state index >= 15 is 0 Å². The first-order chi connectivity index (χ1) is 27.1. The molecule has 0 atom stereocenters. The second-order valence-corrected chi connectivity index (χ2v) is 21.0. The van der Waals surface area contributed by atoms with Crippen molar-refractivity contribution in [2.75, 3.05) is 0 Å². The van der Waals surface area contributed by atoms with Crippen molar-refractivity contribution in [1.29, 1.82) is 0 Å². The van der Waals surface area contributed by atoms with Gasteiger partial charge in [-0.15, -0.1) is 20.5 Å². The quantitative estimate of drug-likeness (QED) is 0.230. The number of nitrogens with zero attached hydrogens (tertiary/aromatic N) is 4. The van der Waals surface area contributed by atoms with Crippen LogP contribution >= 0.6 is 69.6 Å². The number of Topliss-reactive ketones (excluding diaryl/α,β-unsaturated/α-hetero) is 2. The number of ketones is 2. The fourth-order valence-electron chi connectivity index (χ4n) is 6.31. The molecule has 7 nitrogen and oxygen atoms in total. The molecule has 3 aromatic rings. The van der Waals surface area contributed by atoms with Gasteiger partial charge in [0.15, 0.2) is 23.1 Å². The van der Waals surface area contributed by atoms with Gasteiger partial charge in [-0.2, -0.15) is 0 Å². The van der Waals surface area contributed by atoms with E-state index in [9.17, 15) is 9.59 Å². The van der Waals surface area contributed by atoms with Crippen LogP contribution in [0.1, 0.15) is 94.6 Å². The summed E-state index contributed by atoms with van der Waals surface area (Å²) in [5.41, 5.74) is 2.29. The molecule has 0 spiro atoms. The highest BCUT2D eigenvalue weighted by Gasteiger charge is 2.37. The minimum absolute atomic E-state index is 0.0596. The Hall–Kier alpha value is -3.56. The van der Waals surface area contributed by atoms with Gasteiger partial charge in [-0.05, 0) is 82.4 Å². The Balaban J connectivity index is 1.88. The molecule has 0 amide bonds. The molecular weight excluding hydrogens is 869 g/mol. The molecule has 2 aromatic carbocycles. The maximum Gasteiger partial charge on any atom is 0.186 e. The third-order valence-electron chi connectivity index (χ3n) is 9.49. The Morgan fingerprint density at radius 1 is 0.458 bits per heavy atom. The molecule has 1 aromatic heterocycles. The van der Waals surface area contributed by atoms with Crippen LogP contribution in [0.15, 0.2) is 119 Å². The lowest BCUT2D eigenvalue weighted by atomic mass is 9.71. The molecule has 0 radical (unpaired) electrons. The van der Waals surface area contributed by atoms with E-state index in [0.717, 1.165) is 0 Å². The fourth-order valence-corrected chi connectivity index (χ4v) is 8.10. The molecule has 5 rings (SSSR count). The first-order valence-electron chi connectivity index (χ1n) is 18.8. The summed E-state index contributed by atoms with van der Waals surface area (Å²) in [6.45, 7) is 23.8. The number of furan rings is 1. The minimum atomic E-state index is -0.527.